The minimum absolute atomic E-state index is 0.0215. The van der Waals surface area contributed by atoms with Crippen LogP contribution in [-0.4, -0.2) is 55.4 Å². The Labute approximate surface area is 157 Å². The number of ether oxygens (including phenoxy) is 2. The zero-order valence-corrected chi connectivity index (χ0v) is 15.1. The Balaban J connectivity index is 1.29. The first-order chi connectivity index (χ1) is 13.2. The lowest BCUT2D eigenvalue weighted by molar-refractivity contribution is 0.0571. The summed E-state index contributed by atoms with van der Waals surface area (Å²) in [6.45, 7) is 4.57. The van der Waals surface area contributed by atoms with E-state index in [0.717, 1.165) is 54.5 Å². The molecular weight excluding hydrogens is 347 g/mol. The van der Waals surface area contributed by atoms with E-state index in [9.17, 15) is 9.50 Å². The van der Waals surface area contributed by atoms with Gasteiger partial charge in [0.05, 0.1) is 11.8 Å². The van der Waals surface area contributed by atoms with Crippen LogP contribution in [0.25, 0.3) is 0 Å². The molecule has 0 bridgehead atoms. The van der Waals surface area contributed by atoms with E-state index in [1.54, 1.807) is 12.1 Å². The number of halogens is 1. The van der Waals surface area contributed by atoms with Crippen LogP contribution in [0.15, 0.2) is 36.4 Å². The van der Waals surface area contributed by atoms with E-state index in [0.29, 0.717) is 19.6 Å². The highest BCUT2D eigenvalue weighted by atomic mass is 19.1. The SMILES string of the molecule is O[C@H]1c2ccc(F)cc2C[C@@H]1N1CCN(c2cccc3c2OCCO3)CC1. The number of rotatable bonds is 2. The van der Waals surface area contributed by atoms with Gasteiger partial charge in [-0.05, 0) is 41.8 Å². The Morgan fingerprint density at radius 1 is 1.00 bits per heavy atom. The van der Waals surface area contributed by atoms with Gasteiger partial charge in [0.2, 0.25) is 0 Å². The number of para-hydroxylation sites is 1. The number of aliphatic hydroxyl groups excluding tert-OH is 1. The largest absolute Gasteiger partial charge is 0.486 e. The summed E-state index contributed by atoms with van der Waals surface area (Å²) >= 11 is 0. The van der Waals surface area contributed by atoms with Crippen molar-refractivity contribution in [3.05, 3.63) is 53.3 Å². The van der Waals surface area contributed by atoms with Crippen LogP contribution in [0, 0.1) is 5.82 Å². The van der Waals surface area contributed by atoms with Crippen LogP contribution in [0.5, 0.6) is 11.5 Å². The van der Waals surface area contributed by atoms with Crippen LogP contribution < -0.4 is 14.4 Å². The summed E-state index contributed by atoms with van der Waals surface area (Å²) in [5.41, 5.74) is 2.87. The summed E-state index contributed by atoms with van der Waals surface area (Å²) in [7, 11) is 0. The van der Waals surface area contributed by atoms with E-state index in [1.165, 1.54) is 6.07 Å². The maximum Gasteiger partial charge on any atom is 0.184 e. The molecule has 0 aromatic heterocycles. The first-order valence-electron chi connectivity index (χ1n) is 9.55. The van der Waals surface area contributed by atoms with E-state index in [-0.39, 0.29) is 11.9 Å². The standard InChI is InChI=1S/C21H23FN2O3/c22-15-4-5-16-14(12-15)13-18(20(16)25)24-8-6-23(7-9-24)17-2-1-3-19-21(17)27-11-10-26-19/h1-5,12,18,20,25H,6-11,13H2/t18-,20-/m0/s1. The van der Waals surface area contributed by atoms with E-state index < -0.39 is 6.10 Å². The molecule has 5 rings (SSSR count). The molecule has 0 unspecified atom stereocenters. The molecule has 3 aliphatic rings. The molecule has 142 valence electrons. The maximum absolute atomic E-state index is 13.5. The third-order valence-electron chi connectivity index (χ3n) is 5.89. The molecule has 2 atom stereocenters. The van der Waals surface area contributed by atoms with Gasteiger partial charge in [-0.2, -0.15) is 0 Å². The Morgan fingerprint density at radius 3 is 2.67 bits per heavy atom. The van der Waals surface area contributed by atoms with Crippen molar-refractivity contribution in [1.29, 1.82) is 0 Å². The van der Waals surface area contributed by atoms with Crippen LogP contribution in [0.4, 0.5) is 10.1 Å². The minimum Gasteiger partial charge on any atom is -0.486 e. The third-order valence-corrected chi connectivity index (χ3v) is 5.89. The van der Waals surface area contributed by atoms with Gasteiger partial charge in [0.15, 0.2) is 11.5 Å². The molecule has 6 heteroatoms. The molecule has 27 heavy (non-hydrogen) atoms. The predicted molar refractivity (Wildman–Crippen MR) is 100 cm³/mol. The highest BCUT2D eigenvalue weighted by Gasteiger charge is 2.37. The van der Waals surface area contributed by atoms with Crippen LogP contribution in [-0.2, 0) is 6.42 Å². The van der Waals surface area contributed by atoms with E-state index in [2.05, 4.69) is 15.9 Å². The monoisotopic (exact) mass is 370 g/mol. The Hall–Kier alpha value is -2.31. The van der Waals surface area contributed by atoms with Gasteiger partial charge in [0.1, 0.15) is 19.0 Å². The fourth-order valence-corrected chi connectivity index (χ4v) is 4.51. The summed E-state index contributed by atoms with van der Waals surface area (Å²) in [6, 6.07) is 10.8. The molecule has 2 aromatic carbocycles. The summed E-state index contributed by atoms with van der Waals surface area (Å²) in [4.78, 5) is 4.64. The lowest BCUT2D eigenvalue weighted by Crippen LogP contribution is -2.51. The number of piperazine rings is 1. The summed E-state index contributed by atoms with van der Waals surface area (Å²) in [6.07, 6.45) is 0.153. The van der Waals surface area contributed by atoms with Crippen molar-refractivity contribution in [3.8, 4) is 11.5 Å². The van der Waals surface area contributed by atoms with Crippen LogP contribution in [0.2, 0.25) is 0 Å². The van der Waals surface area contributed by atoms with E-state index >= 15 is 0 Å². The molecule has 2 aromatic rings. The van der Waals surface area contributed by atoms with Crippen molar-refractivity contribution in [3.63, 3.8) is 0 Å². The second kappa shape index (κ2) is 6.69. The first kappa shape index (κ1) is 16.8. The average Bonchev–Trinajstić information content (AvgIpc) is 3.03. The van der Waals surface area contributed by atoms with Gasteiger partial charge in [-0.25, -0.2) is 4.39 Å². The van der Waals surface area contributed by atoms with Crippen molar-refractivity contribution in [1.82, 2.24) is 4.90 Å². The quantitative estimate of drug-likeness (QED) is 0.880. The molecular formula is C21H23FN2O3. The summed E-state index contributed by atoms with van der Waals surface area (Å²) in [5.74, 6) is 1.41. The number of anilines is 1. The zero-order valence-electron chi connectivity index (χ0n) is 15.1. The number of hydrogen-bond donors (Lipinski definition) is 1. The smallest absolute Gasteiger partial charge is 0.184 e. The van der Waals surface area contributed by atoms with Gasteiger partial charge < -0.3 is 19.5 Å². The lowest BCUT2D eigenvalue weighted by Gasteiger charge is -2.40. The molecule has 0 radical (unpaired) electrons. The molecule has 1 N–H and O–H groups in total. The molecule has 1 saturated heterocycles. The van der Waals surface area contributed by atoms with Crippen LogP contribution in [0.1, 0.15) is 17.2 Å². The highest BCUT2D eigenvalue weighted by Crippen LogP contribution is 2.40. The maximum atomic E-state index is 13.5. The van der Waals surface area contributed by atoms with E-state index in [4.69, 9.17) is 9.47 Å². The number of hydrogen-bond acceptors (Lipinski definition) is 5. The second-order valence-electron chi connectivity index (χ2n) is 7.38. The van der Waals surface area contributed by atoms with Gasteiger partial charge in [-0.15, -0.1) is 0 Å². The molecule has 2 heterocycles. The molecule has 5 nitrogen and oxygen atoms in total. The number of benzene rings is 2. The summed E-state index contributed by atoms with van der Waals surface area (Å²) < 4.78 is 25.1. The fourth-order valence-electron chi connectivity index (χ4n) is 4.51. The first-order valence-corrected chi connectivity index (χ1v) is 9.55. The fraction of sp³-hybridized carbons (Fsp3) is 0.429. The normalized spacial score (nSPS) is 24.7. The van der Waals surface area contributed by atoms with Gasteiger partial charge in [0.25, 0.3) is 0 Å². The third kappa shape index (κ3) is 2.93. The number of nitrogens with zero attached hydrogens (tertiary/aromatic N) is 2. The topological polar surface area (TPSA) is 45.2 Å². The predicted octanol–water partition coefficient (Wildman–Crippen LogP) is 2.38. The Bertz CT molecular complexity index is 851. The van der Waals surface area contributed by atoms with E-state index in [1.807, 2.05) is 12.1 Å². The molecule has 0 spiro atoms. The van der Waals surface area contributed by atoms with Gasteiger partial charge in [0, 0.05) is 32.2 Å². The van der Waals surface area contributed by atoms with Gasteiger partial charge in [-0.3, -0.25) is 4.90 Å². The molecule has 1 aliphatic carbocycles. The van der Waals surface area contributed by atoms with Crippen molar-refractivity contribution in [2.45, 2.75) is 18.6 Å². The van der Waals surface area contributed by atoms with Crippen molar-refractivity contribution < 1.29 is 19.0 Å². The average molecular weight is 370 g/mol. The lowest BCUT2D eigenvalue weighted by atomic mass is 10.1. The van der Waals surface area contributed by atoms with Gasteiger partial charge >= 0.3 is 0 Å². The molecule has 0 saturated carbocycles. The molecule has 2 aliphatic heterocycles. The highest BCUT2D eigenvalue weighted by molar-refractivity contribution is 5.65. The zero-order chi connectivity index (χ0) is 18.4. The van der Waals surface area contributed by atoms with Crippen molar-refractivity contribution >= 4 is 5.69 Å². The number of fused-ring (bicyclic) bond motifs is 2. The Kier molecular flexibility index (Phi) is 4.17. The molecule has 1 fully saturated rings. The van der Waals surface area contributed by atoms with Crippen LogP contribution >= 0.6 is 0 Å². The minimum atomic E-state index is -0.548. The molecule has 0 amide bonds. The summed E-state index contributed by atoms with van der Waals surface area (Å²) in [5, 5.41) is 10.7. The Morgan fingerprint density at radius 2 is 1.81 bits per heavy atom. The van der Waals surface area contributed by atoms with Crippen molar-refractivity contribution in [2.24, 2.45) is 0 Å². The van der Waals surface area contributed by atoms with Crippen molar-refractivity contribution in [2.75, 3.05) is 44.3 Å². The second-order valence-corrected chi connectivity index (χ2v) is 7.38. The van der Waals surface area contributed by atoms with Crippen LogP contribution in [0.3, 0.4) is 0 Å². The van der Waals surface area contributed by atoms with Gasteiger partial charge in [-0.1, -0.05) is 12.1 Å². The number of aliphatic hydroxyl groups is 1.